The minimum atomic E-state index is -0.203. The molecule has 6 heteroatoms. The van der Waals surface area contributed by atoms with Crippen LogP contribution in [0.15, 0.2) is 4.52 Å². The van der Waals surface area contributed by atoms with Crippen LogP contribution in [0.4, 0.5) is 0 Å². The van der Waals surface area contributed by atoms with Crippen LogP contribution >= 0.6 is 0 Å². The predicted molar refractivity (Wildman–Crippen MR) is 61.9 cm³/mol. The number of nitrogens with zero attached hydrogens (tertiary/aromatic N) is 3. The molecule has 1 atom stereocenters. The summed E-state index contributed by atoms with van der Waals surface area (Å²) in [7, 11) is 0. The summed E-state index contributed by atoms with van der Waals surface area (Å²) in [6, 6.07) is 0. The van der Waals surface area contributed by atoms with E-state index in [0.29, 0.717) is 24.2 Å². The molecule has 6 nitrogen and oxygen atoms in total. The molecule has 0 saturated carbocycles. The second kappa shape index (κ2) is 5.57. The molecule has 2 heterocycles. The summed E-state index contributed by atoms with van der Waals surface area (Å²) in [6.45, 7) is 4.81. The second-order valence-electron chi connectivity index (χ2n) is 4.66. The highest BCUT2D eigenvalue weighted by Crippen LogP contribution is 2.21. The molecule has 1 unspecified atom stereocenters. The van der Waals surface area contributed by atoms with Gasteiger partial charge in [0, 0.05) is 0 Å². The highest BCUT2D eigenvalue weighted by molar-refractivity contribution is 4.87. The third-order valence-corrected chi connectivity index (χ3v) is 3.36. The van der Waals surface area contributed by atoms with Crippen LogP contribution in [0.2, 0.25) is 0 Å². The quantitative estimate of drug-likeness (QED) is 0.777. The van der Waals surface area contributed by atoms with E-state index in [1.807, 2.05) is 6.92 Å². The van der Waals surface area contributed by atoms with E-state index < -0.39 is 0 Å². The third-order valence-electron chi connectivity index (χ3n) is 3.36. The van der Waals surface area contributed by atoms with E-state index in [2.05, 4.69) is 15.0 Å². The first-order valence-corrected chi connectivity index (χ1v) is 6.11. The predicted octanol–water partition coefficient (Wildman–Crippen LogP) is 0.121. The molecule has 96 valence electrons. The lowest BCUT2D eigenvalue weighted by Crippen LogP contribution is -2.36. The van der Waals surface area contributed by atoms with Gasteiger partial charge in [-0.05, 0) is 38.8 Å². The molecular formula is C11H20N4O2. The van der Waals surface area contributed by atoms with Gasteiger partial charge in [0.2, 0.25) is 5.89 Å². The lowest BCUT2D eigenvalue weighted by molar-refractivity contribution is 0.0684. The summed E-state index contributed by atoms with van der Waals surface area (Å²) in [6.07, 6.45) is 1.85. The van der Waals surface area contributed by atoms with Crippen molar-refractivity contribution in [2.75, 3.05) is 13.1 Å². The first-order valence-electron chi connectivity index (χ1n) is 6.11. The third kappa shape index (κ3) is 3.24. The van der Waals surface area contributed by atoms with Gasteiger partial charge in [-0.15, -0.1) is 0 Å². The Morgan fingerprint density at radius 1 is 1.53 bits per heavy atom. The first kappa shape index (κ1) is 12.5. The molecule has 0 spiro atoms. The van der Waals surface area contributed by atoms with Gasteiger partial charge in [-0.25, -0.2) is 0 Å². The lowest BCUT2D eigenvalue weighted by Gasteiger charge is -2.32. The van der Waals surface area contributed by atoms with Gasteiger partial charge >= 0.3 is 0 Å². The monoisotopic (exact) mass is 240 g/mol. The van der Waals surface area contributed by atoms with Crippen LogP contribution in [-0.4, -0.2) is 39.3 Å². The number of nitrogens with two attached hydrogens (primary N) is 1. The average molecular weight is 240 g/mol. The number of aromatic nitrogens is 2. The molecule has 1 aromatic rings. The molecule has 1 aliphatic heterocycles. The number of aliphatic hydroxyl groups is 1. The van der Waals surface area contributed by atoms with Crippen LogP contribution in [0.3, 0.4) is 0 Å². The number of likely N-dealkylation sites (tertiary alicyclic amines) is 1. The molecule has 0 amide bonds. The number of piperidine rings is 1. The van der Waals surface area contributed by atoms with Crippen molar-refractivity contribution in [3.05, 3.63) is 11.7 Å². The van der Waals surface area contributed by atoms with Gasteiger partial charge in [0.15, 0.2) is 5.82 Å². The van der Waals surface area contributed by atoms with Crippen molar-refractivity contribution in [3.63, 3.8) is 0 Å². The standard InChI is InChI=1S/C11H20N4O2/c1-8(16)9-2-4-15(5-3-9)7-10-13-11(6-12)17-14-10/h8-9,16H,2-7,12H2,1H3. The van der Waals surface area contributed by atoms with E-state index in [9.17, 15) is 5.11 Å². The number of hydrogen-bond acceptors (Lipinski definition) is 6. The van der Waals surface area contributed by atoms with Gasteiger partial charge in [-0.1, -0.05) is 5.16 Å². The average Bonchev–Trinajstić information content (AvgIpc) is 2.77. The van der Waals surface area contributed by atoms with Crippen molar-refractivity contribution in [2.45, 2.75) is 39.0 Å². The van der Waals surface area contributed by atoms with Gasteiger partial charge in [-0.3, -0.25) is 4.90 Å². The fourth-order valence-corrected chi connectivity index (χ4v) is 2.23. The minimum Gasteiger partial charge on any atom is -0.393 e. The summed E-state index contributed by atoms with van der Waals surface area (Å²) in [5, 5.41) is 13.4. The van der Waals surface area contributed by atoms with E-state index in [4.69, 9.17) is 10.3 Å². The normalized spacial score (nSPS) is 20.6. The summed E-state index contributed by atoms with van der Waals surface area (Å²) >= 11 is 0. The Hall–Kier alpha value is -0.980. The molecule has 0 aromatic carbocycles. The van der Waals surface area contributed by atoms with Crippen LogP contribution < -0.4 is 5.73 Å². The maximum absolute atomic E-state index is 9.52. The van der Waals surface area contributed by atoms with Gasteiger partial charge in [0.05, 0.1) is 19.2 Å². The molecule has 2 rings (SSSR count). The highest BCUT2D eigenvalue weighted by Gasteiger charge is 2.23. The Morgan fingerprint density at radius 3 is 2.76 bits per heavy atom. The van der Waals surface area contributed by atoms with Gasteiger partial charge in [0.1, 0.15) is 0 Å². The Labute approximate surface area is 101 Å². The fourth-order valence-electron chi connectivity index (χ4n) is 2.23. The van der Waals surface area contributed by atoms with Crippen molar-refractivity contribution >= 4 is 0 Å². The summed E-state index contributed by atoms with van der Waals surface area (Å²) in [4.78, 5) is 6.46. The second-order valence-corrected chi connectivity index (χ2v) is 4.66. The molecule has 3 N–H and O–H groups in total. The van der Waals surface area contributed by atoms with Crippen LogP contribution in [0, 0.1) is 5.92 Å². The van der Waals surface area contributed by atoms with Crippen molar-refractivity contribution in [2.24, 2.45) is 11.7 Å². The van der Waals surface area contributed by atoms with E-state index in [1.54, 1.807) is 0 Å². The van der Waals surface area contributed by atoms with Crippen LogP contribution in [-0.2, 0) is 13.1 Å². The van der Waals surface area contributed by atoms with Crippen molar-refractivity contribution < 1.29 is 9.63 Å². The summed E-state index contributed by atoms with van der Waals surface area (Å²) in [5.41, 5.74) is 5.41. The fraction of sp³-hybridized carbons (Fsp3) is 0.818. The van der Waals surface area contributed by atoms with Gasteiger partial charge in [0.25, 0.3) is 0 Å². The maximum Gasteiger partial charge on any atom is 0.240 e. The molecule has 17 heavy (non-hydrogen) atoms. The minimum absolute atomic E-state index is 0.203. The molecule has 0 radical (unpaired) electrons. The number of rotatable bonds is 4. The summed E-state index contributed by atoms with van der Waals surface area (Å²) in [5.74, 6) is 1.61. The Balaban J connectivity index is 1.81. The Bertz CT molecular complexity index is 345. The molecule has 0 bridgehead atoms. The highest BCUT2D eigenvalue weighted by atomic mass is 16.5. The molecule has 1 aliphatic rings. The topological polar surface area (TPSA) is 88.4 Å². The van der Waals surface area contributed by atoms with E-state index in [1.165, 1.54) is 0 Å². The molecule has 1 aromatic heterocycles. The van der Waals surface area contributed by atoms with Crippen LogP contribution in [0.5, 0.6) is 0 Å². The molecular weight excluding hydrogens is 220 g/mol. The zero-order chi connectivity index (χ0) is 12.3. The largest absolute Gasteiger partial charge is 0.393 e. The van der Waals surface area contributed by atoms with E-state index >= 15 is 0 Å². The smallest absolute Gasteiger partial charge is 0.240 e. The number of aliphatic hydroxyl groups excluding tert-OH is 1. The van der Waals surface area contributed by atoms with Crippen LogP contribution in [0.25, 0.3) is 0 Å². The number of hydrogen-bond donors (Lipinski definition) is 2. The zero-order valence-corrected chi connectivity index (χ0v) is 10.2. The van der Waals surface area contributed by atoms with Crippen molar-refractivity contribution in [1.82, 2.24) is 15.0 Å². The molecule has 1 fully saturated rings. The SMILES string of the molecule is CC(O)C1CCN(Cc2noc(CN)n2)CC1. The van der Waals surface area contributed by atoms with E-state index in [-0.39, 0.29) is 12.6 Å². The summed E-state index contributed by atoms with van der Waals surface area (Å²) < 4.78 is 4.96. The van der Waals surface area contributed by atoms with E-state index in [0.717, 1.165) is 25.9 Å². The van der Waals surface area contributed by atoms with Crippen molar-refractivity contribution in [1.29, 1.82) is 0 Å². The maximum atomic E-state index is 9.52. The molecule has 0 aliphatic carbocycles. The van der Waals surface area contributed by atoms with Crippen LogP contribution in [0.1, 0.15) is 31.5 Å². The Kier molecular flexibility index (Phi) is 4.09. The van der Waals surface area contributed by atoms with Gasteiger partial charge < -0.3 is 15.4 Å². The Morgan fingerprint density at radius 2 is 2.24 bits per heavy atom. The zero-order valence-electron chi connectivity index (χ0n) is 10.2. The molecule has 1 saturated heterocycles. The lowest BCUT2D eigenvalue weighted by atomic mass is 9.92. The van der Waals surface area contributed by atoms with Crippen molar-refractivity contribution in [3.8, 4) is 0 Å². The van der Waals surface area contributed by atoms with Gasteiger partial charge in [-0.2, -0.15) is 4.98 Å². The first-order chi connectivity index (χ1) is 8.19.